The fourth-order valence-corrected chi connectivity index (χ4v) is 3.63. The van der Waals surface area contributed by atoms with E-state index in [9.17, 15) is 9.59 Å². The monoisotopic (exact) mass is 346 g/mol. The minimum atomic E-state index is -0.177. The predicted octanol–water partition coefficient (Wildman–Crippen LogP) is 0.267. The highest BCUT2D eigenvalue weighted by molar-refractivity contribution is 5.83. The van der Waals surface area contributed by atoms with Crippen molar-refractivity contribution < 1.29 is 14.3 Å². The van der Waals surface area contributed by atoms with E-state index >= 15 is 0 Å². The van der Waals surface area contributed by atoms with E-state index in [0.29, 0.717) is 19.1 Å². The van der Waals surface area contributed by atoms with Gasteiger partial charge in [0.1, 0.15) is 0 Å². The molecule has 2 saturated heterocycles. The van der Waals surface area contributed by atoms with Crippen LogP contribution in [0.15, 0.2) is 24.5 Å². The van der Waals surface area contributed by atoms with Gasteiger partial charge in [-0.2, -0.15) is 0 Å². The normalized spacial score (nSPS) is 24.3. The van der Waals surface area contributed by atoms with E-state index in [0.717, 1.165) is 32.7 Å². The maximum absolute atomic E-state index is 12.4. The smallest absolute Gasteiger partial charge is 0.242 e. The van der Waals surface area contributed by atoms with E-state index in [-0.39, 0.29) is 24.4 Å². The molecular weight excluding hydrogens is 320 g/mol. The minimum absolute atomic E-state index is 0.0138. The van der Waals surface area contributed by atoms with E-state index in [1.165, 1.54) is 12.5 Å². The molecule has 0 aliphatic carbocycles. The van der Waals surface area contributed by atoms with Crippen LogP contribution in [-0.4, -0.2) is 72.0 Å². The lowest BCUT2D eigenvalue weighted by atomic mass is 9.91. The second-order valence-corrected chi connectivity index (χ2v) is 6.77. The number of fused-ring (bicyclic) bond motifs is 1. The Morgan fingerprint density at radius 2 is 2.28 bits per heavy atom. The van der Waals surface area contributed by atoms with Crippen LogP contribution in [0.5, 0.6) is 0 Å². The third-order valence-corrected chi connectivity index (χ3v) is 4.99. The van der Waals surface area contributed by atoms with Crippen molar-refractivity contribution in [1.29, 1.82) is 0 Å². The topological polar surface area (TPSA) is 74.8 Å². The minimum Gasteiger partial charge on any atom is -0.380 e. The van der Waals surface area contributed by atoms with E-state index in [2.05, 4.69) is 21.3 Å². The Hall–Kier alpha value is -1.99. The van der Waals surface area contributed by atoms with Crippen LogP contribution in [0.1, 0.15) is 18.9 Å². The molecule has 7 heteroatoms. The average molecular weight is 346 g/mol. The molecule has 2 atom stereocenters. The molecule has 0 saturated carbocycles. The van der Waals surface area contributed by atoms with Crippen molar-refractivity contribution in [2.45, 2.75) is 25.9 Å². The first kappa shape index (κ1) is 17.8. The van der Waals surface area contributed by atoms with Gasteiger partial charge in [0.2, 0.25) is 11.8 Å². The third kappa shape index (κ3) is 4.76. The Morgan fingerprint density at radius 1 is 1.40 bits per heavy atom. The van der Waals surface area contributed by atoms with Crippen LogP contribution < -0.4 is 5.32 Å². The number of nitrogens with zero attached hydrogens (tertiary/aromatic N) is 3. The van der Waals surface area contributed by atoms with Crippen LogP contribution in [0.2, 0.25) is 0 Å². The van der Waals surface area contributed by atoms with Crippen LogP contribution in [0, 0.1) is 5.92 Å². The summed E-state index contributed by atoms with van der Waals surface area (Å²) < 4.78 is 5.79. The number of amides is 2. The summed E-state index contributed by atoms with van der Waals surface area (Å²) in [5.41, 5.74) is 1.17. The first-order valence-corrected chi connectivity index (χ1v) is 8.86. The summed E-state index contributed by atoms with van der Waals surface area (Å²) in [6.45, 7) is 6.05. The summed E-state index contributed by atoms with van der Waals surface area (Å²) in [4.78, 5) is 31.9. The van der Waals surface area contributed by atoms with Gasteiger partial charge in [0, 0.05) is 57.5 Å². The molecule has 136 valence electrons. The first-order valence-electron chi connectivity index (χ1n) is 8.86. The zero-order chi connectivity index (χ0) is 17.6. The van der Waals surface area contributed by atoms with Gasteiger partial charge in [-0.3, -0.25) is 19.5 Å². The highest BCUT2D eigenvalue weighted by atomic mass is 16.5. The van der Waals surface area contributed by atoms with Gasteiger partial charge in [0.25, 0.3) is 0 Å². The molecular formula is C18H26N4O3. The summed E-state index contributed by atoms with van der Waals surface area (Å²) in [6.07, 6.45) is 4.60. The van der Waals surface area contributed by atoms with Crippen LogP contribution in [0.3, 0.4) is 0 Å². The summed E-state index contributed by atoms with van der Waals surface area (Å²) in [7, 11) is 0. The zero-order valence-electron chi connectivity index (χ0n) is 14.7. The van der Waals surface area contributed by atoms with Gasteiger partial charge >= 0.3 is 0 Å². The van der Waals surface area contributed by atoms with E-state index < -0.39 is 0 Å². The molecule has 3 rings (SSSR count). The number of hydrogen-bond donors (Lipinski definition) is 1. The molecule has 0 radical (unpaired) electrons. The number of nitrogens with one attached hydrogen (secondary N) is 1. The molecule has 1 N–H and O–H groups in total. The number of carbonyl (C=O) groups is 2. The molecule has 0 spiro atoms. The number of ether oxygens (including phenoxy) is 1. The number of likely N-dealkylation sites (tertiary alicyclic amines) is 1. The number of pyridine rings is 1. The Labute approximate surface area is 148 Å². The molecule has 0 unspecified atom stereocenters. The standard InChI is InChI=1S/C18H26N4O3/c1-14(23)20-10-18(24)22-6-4-16-13-25-8-7-21(17(16)12-22)11-15-3-2-5-19-9-15/h2-3,5,9,16-17H,4,6-8,10-13H2,1H3,(H,20,23)/t16-,17-/m1/s1. The number of hydrogen-bond acceptors (Lipinski definition) is 5. The summed E-state index contributed by atoms with van der Waals surface area (Å²) in [6, 6.07) is 4.30. The lowest BCUT2D eigenvalue weighted by Crippen LogP contribution is -2.55. The molecule has 2 aliphatic rings. The molecule has 2 fully saturated rings. The molecule has 1 aromatic heterocycles. The fourth-order valence-electron chi connectivity index (χ4n) is 3.63. The average Bonchev–Trinajstić information content (AvgIpc) is 2.82. The van der Waals surface area contributed by atoms with Crippen molar-refractivity contribution in [3.05, 3.63) is 30.1 Å². The molecule has 2 aliphatic heterocycles. The predicted molar refractivity (Wildman–Crippen MR) is 92.6 cm³/mol. The maximum Gasteiger partial charge on any atom is 0.242 e. The molecule has 1 aromatic rings. The van der Waals surface area contributed by atoms with Crippen molar-refractivity contribution in [2.24, 2.45) is 5.92 Å². The second-order valence-electron chi connectivity index (χ2n) is 6.77. The molecule has 25 heavy (non-hydrogen) atoms. The van der Waals surface area contributed by atoms with Crippen molar-refractivity contribution >= 4 is 11.8 Å². The van der Waals surface area contributed by atoms with Crippen molar-refractivity contribution in [3.63, 3.8) is 0 Å². The third-order valence-electron chi connectivity index (χ3n) is 4.99. The molecule has 0 bridgehead atoms. The summed E-state index contributed by atoms with van der Waals surface area (Å²) in [5.74, 6) is 0.244. The van der Waals surface area contributed by atoms with Gasteiger partial charge in [-0.1, -0.05) is 6.07 Å². The lowest BCUT2D eigenvalue weighted by Gasteiger charge is -2.42. The number of piperidine rings is 1. The fraction of sp³-hybridized carbons (Fsp3) is 0.611. The van der Waals surface area contributed by atoms with E-state index in [1.54, 1.807) is 6.20 Å². The Kier molecular flexibility index (Phi) is 5.99. The van der Waals surface area contributed by atoms with Gasteiger partial charge in [-0.05, 0) is 18.1 Å². The molecule has 2 amide bonds. The Morgan fingerprint density at radius 3 is 3.04 bits per heavy atom. The van der Waals surface area contributed by atoms with Crippen molar-refractivity contribution in [1.82, 2.24) is 20.1 Å². The van der Waals surface area contributed by atoms with Gasteiger partial charge < -0.3 is 15.0 Å². The first-order chi connectivity index (χ1) is 12.1. The highest BCUT2D eigenvalue weighted by Crippen LogP contribution is 2.26. The quantitative estimate of drug-likeness (QED) is 0.847. The van der Waals surface area contributed by atoms with E-state index in [1.807, 2.05) is 17.2 Å². The van der Waals surface area contributed by atoms with Gasteiger partial charge in [0.05, 0.1) is 19.8 Å². The lowest BCUT2D eigenvalue weighted by molar-refractivity contribution is -0.135. The van der Waals surface area contributed by atoms with Crippen LogP contribution in [0.25, 0.3) is 0 Å². The maximum atomic E-state index is 12.4. The molecule has 3 heterocycles. The van der Waals surface area contributed by atoms with Crippen LogP contribution in [-0.2, 0) is 20.9 Å². The zero-order valence-corrected chi connectivity index (χ0v) is 14.7. The van der Waals surface area contributed by atoms with Gasteiger partial charge in [-0.15, -0.1) is 0 Å². The Balaban J connectivity index is 1.67. The number of rotatable bonds is 4. The largest absolute Gasteiger partial charge is 0.380 e. The van der Waals surface area contributed by atoms with Crippen molar-refractivity contribution in [2.75, 3.05) is 39.4 Å². The number of carbonyl (C=O) groups excluding carboxylic acids is 2. The van der Waals surface area contributed by atoms with Crippen LogP contribution >= 0.6 is 0 Å². The summed E-state index contributed by atoms with van der Waals surface area (Å²) >= 11 is 0. The second kappa shape index (κ2) is 8.40. The molecule has 0 aromatic carbocycles. The summed E-state index contributed by atoms with van der Waals surface area (Å²) in [5, 5.41) is 2.60. The van der Waals surface area contributed by atoms with Crippen LogP contribution in [0.4, 0.5) is 0 Å². The highest BCUT2D eigenvalue weighted by Gasteiger charge is 2.36. The van der Waals surface area contributed by atoms with Gasteiger partial charge in [0.15, 0.2) is 0 Å². The van der Waals surface area contributed by atoms with Crippen molar-refractivity contribution in [3.8, 4) is 0 Å². The van der Waals surface area contributed by atoms with Gasteiger partial charge in [-0.25, -0.2) is 0 Å². The van der Waals surface area contributed by atoms with E-state index in [4.69, 9.17) is 4.74 Å². The SMILES string of the molecule is CC(=O)NCC(=O)N1CC[C@@H]2COCCN(Cc3cccnc3)[C@@H]2C1. The molecule has 7 nitrogen and oxygen atoms in total. The Bertz CT molecular complexity index is 595. The number of aromatic nitrogens is 1.